The molecule has 0 saturated carbocycles. The highest BCUT2D eigenvalue weighted by atomic mass is 16.5. The maximum absolute atomic E-state index is 12.0. The molecule has 1 saturated heterocycles. The van der Waals surface area contributed by atoms with Gasteiger partial charge in [-0.2, -0.15) is 0 Å². The molecule has 4 nitrogen and oxygen atoms in total. The zero-order valence-electron chi connectivity index (χ0n) is 11.2. The second-order valence-corrected chi connectivity index (χ2v) is 4.72. The van der Waals surface area contributed by atoms with Gasteiger partial charge in [0.05, 0.1) is 12.0 Å². The third-order valence-corrected chi connectivity index (χ3v) is 3.51. The van der Waals surface area contributed by atoms with E-state index in [0.717, 1.165) is 19.3 Å². The summed E-state index contributed by atoms with van der Waals surface area (Å²) in [4.78, 5) is 24.9. The first-order chi connectivity index (χ1) is 8.04. The first-order valence-electron chi connectivity index (χ1n) is 6.47. The Labute approximate surface area is 103 Å². The highest BCUT2D eigenvalue weighted by Gasteiger charge is 2.46. The number of amides is 2. The first-order valence-corrected chi connectivity index (χ1v) is 6.47. The van der Waals surface area contributed by atoms with E-state index in [1.54, 1.807) is 7.05 Å². The van der Waals surface area contributed by atoms with Gasteiger partial charge in [-0.1, -0.05) is 27.2 Å². The fourth-order valence-electron chi connectivity index (χ4n) is 2.34. The minimum Gasteiger partial charge on any atom is -0.377 e. The Balaban J connectivity index is 2.68. The van der Waals surface area contributed by atoms with Crippen molar-refractivity contribution < 1.29 is 14.3 Å². The van der Waals surface area contributed by atoms with Gasteiger partial charge in [0, 0.05) is 19.6 Å². The molecule has 0 N–H and O–H groups in total. The van der Waals surface area contributed by atoms with E-state index in [0.29, 0.717) is 6.61 Å². The molecule has 0 aromatic carbocycles. The number of hydrogen-bond donors (Lipinski definition) is 0. The van der Waals surface area contributed by atoms with Gasteiger partial charge in [0.15, 0.2) is 0 Å². The van der Waals surface area contributed by atoms with Crippen molar-refractivity contribution in [3.63, 3.8) is 0 Å². The molecule has 1 fully saturated rings. The standard InChI is InChI=1S/C13H23NO3/c1-5-7-8-17-10(6-2)11-9(3)12(15)14(4)13(11)16/h9-11H,5-8H2,1-4H3. The highest BCUT2D eigenvalue weighted by Crippen LogP contribution is 2.30. The maximum atomic E-state index is 12.0. The monoisotopic (exact) mass is 241 g/mol. The molecule has 98 valence electrons. The third kappa shape index (κ3) is 2.86. The molecule has 1 aliphatic rings. The van der Waals surface area contributed by atoms with Crippen molar-refractivity contribution in [2.75, 3.05) is 13.7 Å². The number of carbonyl (C=O) groups excluding carboxylic acids is 2. The fourth-order valence-corrected chi connectivity index (χ4v) is 2.34. The van der Waals surface area contributed by atoms with Crippen molar-refractivity contribution in [3.8, 4) is 0 Å². The Morgan fingerprint density at radius 2 is 1.94 bits per heavy atom. The van der Waals surface area contributed by atoms with Gasteiger partial charge in [-0.3, -0.25) is 14.5 Å². The number of ether oxygens (including phenoxy) is 1. The molecule has 0 aromatic rings. The summed E-state index contributed by atoms with van der Waals surface area (Å²) in [6.45, 7) is 6.59. The van der Waals surface area contributed by atoms with Crippen molar-refractivity contribution in [3.05, 3.63) is 0 Å². The maximum Gasteiger partial charge on any atom is 0.235 e. The zero-order valence-corrected chi connectivity index (χ0v) is 11.2. The lowest BCUT2D eigenvalue weighted by Crippen LogP contribution is -2.33. The van der Waals surface area contributed by atoms with Crippen LogP contribution in [0.4, 0.5) is 0 Å². The Morgan fingerprint density at radius 1 is 1.29 bits per heavy atom. The Bertz CT molecular complexity index is 290. The summed E-state index contributed by atoms with van der Waals surface area (Å²) >= 11 is 0. The van der Waals surface area contributed by atoms with Gasteiger partial charge in [0.25, 0.3) is 0 Å². The van der Waals surface area contributed by atoms with Crippen molar-refractivity contribution in [1.82, 2.24) is 4.90 Å². The molecule has 1 aliphatic heterocycles. The van der Waals surface area contributed by atoms with Gasteiger partial charge in [0.2, 0.25) is 11.8 Å². The van der Waals surface area contributed by atoms with E-state index in [4.69, 9.17) is 4.74 Å². The van der Waals surface area contributed by atoms with Crippen molar-refractivity contribution in [2.45, 2.75) is 46.1 Å². The van der Waals surface area contributed by atoms with Crippen LogP contribution in [-0.2, 0) is 14.3 Å². The Kier molecular flexibility index (Phi) is 5.12. The van der Waals surface area contributed by atoms with Crippen LogP contribution in [0.2, 0.25) is 0 Å². The van der Waals surface area contributed by atoms with Crippen LogP contribution in [0.5, 0.6) is 0 Å². The van der Waals surface area contributed by atoms with Gasteiger partial charge >= 0.3 is 0 Å². The number of imide groups is 1. The van der Waals surface area contributed by atoms with E-state index in [1.807, 2.05) is 13.8 Å². The van der Waals surface area contributed by atoms with Crippen LogP contribution in [0, 0.1) is 11.8 Å². The van der Waals surface area contributed by atoms with E-state index in [9.17, 15) is 9.59 Å². The average molecular weight is 241 g/mol. The molecule has 1 heterocycles. The number of likely N-dealkylation sites (tertiary alicyclic amines) is 1. The summed E-state index contributed by atoms with van der Waals surface area (Å²) in [5.74, 6) is -0.725. The molecule has 0 aliphatic carbocycles. The molecule has 3 unspecified atom stereocenters. The molecule has 17 heavy (non-hydrogen) atoms. The van der Waals surface area contributed by atoms with Crippen molar-refractivity contribution in [2.24, 2.45) is 11.8 Å². The quantitative estimate of drug-likeness (QED) is 0.526. The van der Waals surface area contributed by atoms with Crippen LogP contribution in [0.1, 0.15) is 40.0 Å². The summed E-state index contributed by atoms with van der Waals surface area (Å²) in [6, 6.07) is 0. The Morgan fingerprint density at radius 3 is 2.35 bits per heavy atom. The van der Waals surface area contributed by atoms with E-state index in [1.165, 1.54) is 4.90 Å². The van der Waals surface area contributed by atoms with Gasteiger partial charge in [-0.15, -0.1) is 0 Å². The van der Waals surface area contributed by atoms with Crippen LogP contribution < -0.4 is 0 Å². The zero-order chi connectivity index (χ0) is 13.0. The molecule has 0 radical (unpaired) electrons. The molecular formula is C13H23NO3. The lowest BCUT2D eigenvalue weighted by atomic mass is 9.90. The minimum atomic E-state index is -0.297. The number of nitrogens with zero attached hydrogens (tertiary/aromatic N) is 1. The number of rotatable bonds is 6. The number of hydrogen-bond acceptors (Lipinski definition) is 3. The second-order valence-electron chi connectivity index (χ2n) is 4.72. The van der Waals surface area contributed by atoms with E-state index >= 15 is 0 Å². The van der Waals surface area contributed by atoms with E-state index in [-0.39, 0.29) is 29.8 Å². The highest BCUT2D eigenvalue weighted by molar-refractivity contribution is 6.04. The third-order valence-electron chi connectivity index (χ3n) is 3.51. The summed E-state index contributed by atoms with van der Waals surface area (Å²) in [6.07, 6.45) is 2.71. The van der Waals surface area contributed by atoms with Crippen LogP contribution in [0.25, 0.3) is 0 Å². The van der Waals surface area contributed by atoms with Gasteiger partial charge < -0.3 is 4.74 Å². The summed E-state index contributed by atoms with van der Waals surface area (Å²) < 4.78 is 5.75. The smallest absolute Gasteiger partial charge is 0.235 e. The van der Waals surface area contributed by atoms with Gasteiger partial charge in [-0.25, -0.2) is 0 Å². The molecule has 1 rings (SSSR count). The minimum absolute atomic E-state index is 0.0856. The van der Waals surface area contributed by atoms with Crippen molar-refractivity contribution in [1.29, 1.82) is 0 Å². The molecule has 0 spiro atoms. The van der Waals surface area contributed by atoms with Crippen LogP contribution >= 0.6 is 0 Å². The number of unbranched alkanes of at least 4 members (excludes halogenated alkanes) is 1. The lowest BCUT2D eigenvalue weighted by Gasteiger charge is -2.23. The topological polar surface area (TPSA) is 46.6 Å². The number of carbonyl (C=O) groups is 2. The average Bonchev–Trinajstić information content (AvgIpc) is 2.51. The molecule has 0 aromatic heterocycles. The molecule has 2 amide bonds. The lowest BCUT2D eigenvalue weighted by molar-refractivity contribution is -0.139. The van der Waals surface area contributed by atoms with Gasteiger partial charge in [0.1, 0.15) is 0 Å². The first kappa shape index (κ1) is 14.2. The molecule has 3 atom stereocenters. The fraction of sp³-hybridized carbons (Fsp3) is 0.846. The molecule has 0 bridgehead atoms. The van der Waals surface area contributed by atoms with Crippen LogP contribution in [0.3, 0.4) is 0 Å². The second kappa shape index (κ2) is 6.15. The summed E-state index contributed by atoms with van der Waals surface area (Å²) in [5.41, 5.74) is 0. The van der Waals surface area contributed by atoms with E-state index in [2.05, 4.69) is 6.92 Å². The van der Waals surface area contributed by atoms with Crippen LogP contribution in [0.15, 0.2) is 0 Å². The molecular weight excluding hydrogens is 218 g/mol. The molecule has 4 heteroatoms. The summed E-state index contributed by atoms with van der Waals surface area (Å²) in [5, 5.41) is 0. The van der Waals surface area contributed by atoms with Crippen molar-refractivity contribution >= 4 is 11.8 Å². The SMILES string of the molecule is CCCCOC(CC)C1C(=O)N(C)C(=O)C1C. The van der Waals surface area contributed by atoms with E-state index < -0.39 is 0 Å². The van der Waals surface area contributed by atoms with Gasteiger partial charge in [-0.05, 0) is 12.8 Å². The van der Waals surface area contributed by atoms with Crippen LogP contribution in [-0.4, -0.2) is 36.5 Å². The summed E-state index contributed by atoms with van der Waals surface area (Å²) in [7, 11) is 1.56. The normalized spacial score (nSPS) is 26.7. The Hall–Kier alpha value is -0.900. The largest absolute Gasteiger partial charge is 0.377 e. The predicted octanol–water partition coefficient (Wildman–Crippen LogP) is 1.83. The predicted molar refractivity (Wildman–Crippen MR) is 65.4 cm³/mol.